The normalized spacial score (nSPS) is 14.5. The molecule has 16 heavy (non-hydrogen) atoms. The van der Waals surface area contributed by atoms with Gasteiger partial charge in [-0.15, -0.1) is 0 Å². The first-order valence-electron chi connectivity index (χ1n) is 5.38. The van der Waals surface area contributed by atoms with Crippen LogP contribution in [-0.4, -0.2) is 19.6 Å². The van der Waals surface area contributed by atoms with Crippen LogP contribution >= 0.6 is 0 Å². The van der Waals surface area contributed by atoms with E-state index in [4.69, 9.17) is 10.5 Å². The van der Waals surface area contributed by atoms with Crippen LogP contribution in [0.5, 0.6) is 5.75 Å². The standard InChI is InChI=1S/C12H16N2O2/c1-8(15)14-5-3-4-9-6-10(13)12(16-2)7-11(9)14/h6-7H,3-5,13H2,1-2H3. The van der Waals surface area contributed by atoms with E-state index in [1.807, 2.05) is 12.1 Å². The molecule has 1 aliphatic heterocycles. The molecule has 1 aromatic carbocycles. The van der Waals surface area contributed by atoms with Gasteiger partial charge in [0.1, 0.15) is 5.75 Å². The number of benzene rings is 1. The number of nitrogens with two attached hydrogens (primary N) is 1. The van der Waals surface area contributed by atoms with Crippen molar-refractivity contribution in [3.8, 4) is 5.75 Å². The summed E-state index contributed by atoms with van der Waals surface area (Å²) in [7, 11) is 1.58. The van der Waals surface area contributed by atoms with Crippen molar-refractivity contribution in [3.63, 3.8) is 0 Å². The number of fused-ring (bicyclic) bond motifs is 1. The van der Waals surface area contributed by atoms with Gasteiger partial charge in [0.15, 0.2) is 0 Å². The van der Waals surface area contributed by atoms with Gasteiger partial charge in [0.05, 0.1) is 18.5 Å². The van der Waals surface area contributed by atoms with Crippen LogP contribution < -0.4 is 15.4 Å². The fourth-order valence-electron chi connectivity index (χ4n) is 2.14. The number of amides is 1. The molecule has 0 radical (unpaired) electrons. The molecule has 4 heteroatoms. The number of ether oxygens (including phenoxy) is 1. The molecule has 1 heterocycles. The Morgan fingerprint density at radius 2 is 2.25 bits per heavy atom. The minimum Gasteiger partial charge on any atom is -0.495 e. The molecule has 0 fully saturated rings. The minimum absolute atomic E-state index is 0.0628. The number of methoxy groups -OCH3 is 1. The number of rotatable bonds is 1. The number of hydrogen-bond acceptors (Lipinski definition) is 3. The van der Waals surface area contributed by atoms with Gasteiger partial charge in [-0.25, -0.2) is 0 Å². The van der Waals surface area contributed by atoms with Gasteiger partial charge in [0.25, 0.3) is 0 Å². The third-order valence-electron chi connectivity index (χ3n) is 2.93. The number of nitrogens with zero attached hydrogens (tertiary/aromatic N) is 1. The van der Waals surface area contributed by atoms with E-state index in [-0.39, 0.29) is 5.91 Å². The Morgan fingerprint density at radius 3 is 2.88 bits per heavy atom. The molecular weight excluding hydrogens is 204 g/mol. The molecule has 1 aromatic rings. The lowest BCUT2D eigenvalue weighted by Crippen LogP contribution is -2.33. The highest BCUT2D eigenvalue weighted by Crippen LogP contribution is 2.35. The second kappa shape index (κ2) is 4.04. The zero-order valence-corrected chi connectivity index (χ0v) is 9.62. The van der Waals surface area contributed by atoms with E-state index >= 15 is 0 Å². The van der Waals surface area contributed by atoms with Crippen LogP contribution in [0.15, 0.2) is 12.1 Å². The first kappa shape index (κ1) is 10.8. The summed E-state index contributed by atoms with van der Waals surface area (Å²) in [6.45, 7) is 2.35. The molecule has 0 aromatic heterocycles. The van der Waals surface area contributed by atoms with E-state index in [0.717, 1.165) is 30.6 Å². The van der Waals surface area contributed by atoms with E-state index in [9.17, 15) is 4.79 Å². The predicted octanol–water partition coefficient (Wildman–Crippen LogP) is 1.58. The molecule has 0 saturated carbocycles. The average molecular weight is 220 g/mol. The van der Waals surface area contributed by atoms with Gasteiger partial charge in [0, 0.05) is 19.5 Å². The summed E-state index contributed by atoms with van der Waals surface area (Å²) in [6, 6.07) is 3.76. The molecule has 4 nitrogen and oxygen atoms in total. The van der Waals surface area contributed by atoms with Crippen LogP contribution in [0.2, 0.25) is 0 Å². The van der Waals surface area contributed by atoms with Gasteiger partial charge >= 0.3 is 0 Å². The second-order valence-electron chi connectivity index (χ2n) is 4.00. The molecule has 0 atom stereocenters. The van der Waals surface area contributed by atoms with Crippen molar-refractivity contribution in [1.82, 2.24) is 0 Å². The number of aryl methyl sites for hydroxylation is 1. The van der Waals surface area contributed by atoms with E-state index in [0.29, 0.717) is 11.4 Å². The van der Waals surface area contributed by atoms with Gasteiger partial charge in [0.2, 0.25) is 5.91 Å². The lowest BCUT2D eigenvalue weighted by Gasteiger charge is -2.29. The molecule has 1 aliphatic rings. The maximum atomic E-state index is 11.5. The van der Waals surface area contributed by atoms with Gasteiger partial charge in [-0.3, -0.25) is 4.79 Å². The summed E-state index contributed by atoms with van der Waals surface area (Å²) in [5.41, 5.74) is 8.54. The van der Waals surface area contributed by atoms with Crippen LogP contribution in [0.3, 0.4) is 0 Å². The lowest BCUT2D eigenvalue weighted by atomic mass is 10.0. The Hall–Kier alpha value is -1.71. The molecule has 0 spiro atoms. The Kier molecular flexibility index (Phi) is 2.73. The smallest absolute Gasteiger partial charge is 0.223 e. The molecule has 86 valence electrons. The zero-order valence-electron chi connectivity index (χ0n) is 9.62. The summed E-state index contributed by atoms with van der Waals surface area (Å²) in [5.74, 6) is 0.694. The van der Waals surface area contributed by atoms with E-state index in [1.165, 1.54) is 0 Å². The number of nitrogen functional groups attached to an aromatic ring is 1. The molecule has 0 aliphatic carbocycles. The number of carbonyl (C=O) groups is 1. The Bertz CT molecular complexity index is 429. The number of anilines is 2. The summed E-state index contributed by atoms with van der Waals surface area (Å²) < 4.78 is 5.18. The quantitative estimate of drug-likeness (QED) is 0.731. The Balaban J connectivity index is 2.50. The van der Waals surface area contributed by atoms with Crippen LogP contribution in [0, 0.1) is 0 Å². The Morgan fingerprint density at radius 1 is 1.50 bits per heavy atom. The van der Waals surface area contributed by atoms with E-state index in [2.05, 4.69) is 0 Å². The van der Waals surface area contributed by atoms with Crippen LogP contribution in [0.4, 0.5) is 11.4 Å². The summed E-state index contributed by atoms with van der Waals surface area (Å²) in [6.07, 6.45) is 1.95. The molecule has 0 saturated heterocycles. The van der Waals surface area contributed by atoms with Crippen molar-refractivity contribution in [3.05, 3.63) is 17.7 Å². The highest BCUT2D eigenvalue weighted by molar-refractivity contribution is 5.93. The van der Waals surface area contributed by atoms with Gasteiger partial charge in [-0.05, 0) is 24.5 Å². The average Bonchev–Trinajstić information content (AvgIpc) is 2.26. The summed E-state index contributed by atoms with van der Waals surface area (Å²) in [4.78, 5) is 13.3. The van der Waals surface area contributed by atoms with Gasteiger partial charge in [-0.2, -0.15) is 0 Å². The maximum Gasteiger partial charge on any atom is 0.223 e. The molecular formula is C12H16N2O2. The predicted molar refractivity (Wildman–Crippen MR) is 63.8 cm³/mol. The fraction of sp³-hybridized carbons (Fsp3) is 0.417. The van der Waals surface area contributed by atoms with Crippen LogP contribution in [0.1, 0.15) is 18.9 Å². The summed E-state index contributed by atoms with van der Waals surface area (Å²) in [5, 5.41) is 0. The zero-order chi connectivity index (χ0) is 11.7. The fourth-order valence-corrected chi connectivity index (χ4v) is 2.14. The lowest BCUT2D eigenvalue weighted by molar-refractivity contribution is -0.116. The molecule has 2 N–H and O–H groups in total. The highest BCUT2D eigenvalue weighted by Gasteiger charge is 2.21. The third kappa shape index (κ3) is 1.71. The molecule has 0 bridgehead atoms. The van der Waals surface area contributed by atoms with Crippen molar-refractivity contribution in [1.29, 1.82) is 0 Å². The molecule has 0 unspecified atom stereocenters. The number of carbonyl (C=O) groups excluding carboxylic acids is 1. The monoisotopic (exact) mass is 220 g/mol. The minimum atomic E-state index is 0.0628. The Labute approximate surface area is 95.0 Å². The maximum absolute atomic E-state index is 11.5. The van der Waals surface area contributed by atoms with Crippen LogP contribution in [0.25, 0.3) is 0 Å². The van der Waals surface area contributed by atoms with Gasteiger partial charge in [-0.1, -0.05) is 0 Å². The topological polar surface area (TPSA) is 55.6 Å². The van der Waals surface area contributed by atoms with Gasteiger partial charge < -0.3 is 15.4 Å². The van der Waals surface area contributed by atoms with Crippen molar-refractivity contribution >= 4 is 17.3 Å². The van der Waals surface area contributed by atoms with Crippen LogP contribution in [-0.2, 0) is 11.2 Å². The highest BCUT2D eigenvalue weighted by atomic mass is 16.5. The van der Waals surface area contributed by atoms with E-state index < -0.39 is 0 Å². The van der Waals surface area contributed by atoms with Crippen molar-refractivity contribution < 1.29 is 9.53 Å². The molecule has 2 rings (SSSR count). The summed E-state index contributed by atoms with van der Waals surface area (Å²) >= 11 is 0. The first-order valence-corrected chi connectivity index (χ1v) is 5.38. The van der Waals surface area contributed by atoms with E-state index in [1.54, 1.807) is 18.9 Å². The SMILES string of the molecule is COc1cc2c(cc1N)CCCN2C(C)=O. The number of hydrogen-bond donors (Lipinski definition) is 1. The largest absolute Gasteiger partial charge is 0.495 e. The first-order chi connectivity index (χ1) is 7.63. The van der Waals surface area contributed by atoms with Crippen molar-refractivity contribution in [2.24, 2.45) is 0 Å². The third-order valence-corrected chi connectivity index (χ3v) is 2.93. The second-order valence-corrected chi connectivity index (χ2v) is 4.00. The van der Waals surface area contributed by atoms with Crippen molar-refractivity contribution in [2.75, 3.05) is 24.3 Å². The molecule has 1 amide bonds. The van der Waals surface area contributed by atoms with Crippen molar-refractivity contribution in [2.45, 2.75) is 19.8 Å².